The molecule has 0 spiro atoms. The lowest BCUT2D eigenvalue weighted by Crippen LogP contribution is -2.26. The first kappa shape index (κ1) is 14.8. The summed E-state index contributed by atoms with van der Waals surface area (Å²) in [5.41, 5.74) is 0. The van der Waals surface area contributed by atoms with Crippen molar-refractivity contribution in [2.75, 3.05) is 7.05 Å². The van der Waals surface area contributed by atoms with Crippen LogP contribution in [0.4, 0.5) is 0 Å². The summed E-state index contributed by atoms with van der Waals surface area (Å²) >= 11 is 0. The van der Waals surface area contributed by atoms with Crippen LogP contribution in [0.5, 0.6) is 0 Å². The molecule has 0 aliphatic carbocycles. The number of furan rings is 2. The van der Waals surface area contributed by atoms with Gasteiger partial charge in [-0.2, -0.15) is 4.72 Å². The zero-order valence-electron chi connectivity index (χ0n) is 11.6. The van der Waals surface area contributed by atoms with Crippen molar-refractivity contribution < 1.29 is 17.3 Å². The minimum Gasteiger partial charge on any atom is -0.465 e. The molecule has 0 saturated heterocycles. The summed E-state index contributed by atoms with van der Waals surface area (Å²) in [6, 6.07) is 6.14. The lowest BCUT2D eigenvalue weighted by Gasteiger charge is -2.10. The molecule has 2 aromatic rings. The largest absolute Gasteiger partial charge is 0.465 e. The van der Waals surface area contributed by atoms with Gasteiger partial charge in [0.1, 0.15) is 17.3 Å². The van der Waals surface area contributed by atoms with Crippen LogP contribution in [0, 0.1) is 6.92 Å². The van der Waals surface area contributed by atoms with E-state index in [0.717, 1.165) is 5.76 Å². The minimum absolute atomic E-state index is 0.0992. The Bertz CT molecular complexity index is 672. The Labute approximate surface area is 118 Å². The van der Waals surface area contributed by atoms with Crippen molar-refractivity contribution in [1.82, 2.24) is 10.0 Å². The summed E-state index contributed by atoms with van der Waals surface area (Å²) in [6.45, 7) is 4.00. The third-order valence-corrected chi connectivity index (χ3v) is 4.19. The predicted octanol–water partition coefficient (Wildman–Crippen LogP) is 1.94. The Balaban J connectivity index is 2.13. The summed E-state index contributed by atoms with van der Waals surface area (Å²) in [7, 11) is -1.94. The summed E-state index contributed by atoms with van der Waals surface area (Å²) in [5, 5.41) is 2.79. The number of aryl methyl sites for hydroxylation is 1. The second-order valence-electron chi connectivity index (χ2n) is 4.54. The maximum absolute atomic E-state index is 12.2. The zero-order chi connectivity index (χ0) is 14.8. The van der Waals surface area contributed by atoms with Crippen LogP contribution < -0.4 is 10.0 Å². The van der Waals surface area contributed by atoms with Gasteiger partial charge < -0.3 is 14.2 Å². The van der Waals surface area contributed by atoms with Crippen LogP contribution in [0.1, 0.15) is 30.2 Å². The summed E-state index contributed by atoms with van der Waals surface area (Å²) in [5.74, 6) is 1.86. The maximum Gasteiger partial charge on any atom is 0.274 e. The quantitative estimate of drug-likeness (QED) is 0.851. The van der Waals surface area contributed by atoms with E-state index in [1.54, 1.807) is 39.1 Å². The molecule has 2 rings (SSSR count). The van der Waals surface area contributed by atoms with Crippen LogP contribution >= 0.6 is 0 Å². The van der Waals surface area contributed by atoms with Gasteiger partial charge in [-0.05, 0) is 45.2 Å². The maximum atomic E-state index is 12.2. The third-order valence-electron chi connectivity index (χ3n) is 2.77. The van der Waals surface area contributed by atoms with Crippen molar-refractivity contribution in [3.63, 3.8) is 0 Å². The van der Waals surface area contributed by atoms with E-state index in [0.29, 0.717) is 18.1 Å². The molecule has 0 saturated carbocycles. The summed E-state index contributed by atoms with van der Waals surface area (Å²) < 4.78 is 37.6. The molecule has 1 atom stereocenters. The average molecular weight is 298 g/mol. The van der Waals surface area contributed by atoms with E-state index in [-0.39, 0.29) is 5.09 Å². The van der Waals surface area contributed by atoms with Gasteiger partial charge in [-0.3, -0.25) is 0 Å². The molecule has 0 fully saturated rings. The predicted molar refractivity (Wildman–Crippen MR) is 73.7 cm³/mol. The molecule has 7 heteroatoms. The van der Waals surface area contributed by atoms with E-state index in [4.69, 9.17) is 8.83 Å². The van der Waals surface area contributed by atoms with Crippen LogP contribution in [0.25, 0.3) is 0 Å². The van der Waals surface area contributed by atoms with E-state index in [2.05, 4.69) is 10.0 Å². The van der Waals surface area contributed by atoms with E-state index in [9.17, 15) is 8.42 Å². The van der Waals surface area contributed by atoms with Gasteiger partial charge in [0.25, 0.3) is 10.0 Å². The van der Waals surface area contributed by atoms with Gasteiger partial charge >= 0.3 is 0 Å². The van der Waals surface area contributed by atoms with E-state index in [1.807, 2.05) is 0 Å². The van der Waals surface area contributed by atoms with Crippen molar-refractivity contribution in [2.24, 2.45) is 0 Å². The molecule has 20 heavy (non-hydrogen) atoms. The monoisotopic (exact) mass is 298 g/mol. The van der Waals surface area contributed by atoms with E-state index < -0.39 is 16.1 Å². The molecule has 2 heterocycles. The fourth-order valence-corrected chi connectivity index (χ4v) is 2.97. The number of hydrogen-bond acceptors (Lipinski definition) is 5. The second kappa shape index (κ2) is 5.82. The molecular weight excluding hydrogens is 280 g/mol. The molecule has 0 aromatic carbocycles. The summed E-state index contributed by atoms with van der Waals surface area (Å²) in [6.07, 6.45) is 0. The van der Waals surface area contributed by atoms with Crippen LogP contribution in [0.15, 0.2) is 38.2 Å². The Morgan fingerprint density at radius 1 is 1.20 bits per heavy atom. The molecule has 2 N–H and O–H groups in total. The molecule has 2 aromatic heterocycles. The first-order valence-electron chi connectivity index (χ1n) is 6.24. The molecule has 110 valence electrons. The first-order valence-corrected chi connectivity index (χ1v) is 7.72. The van der Waals surface area contributed by atoms with Gasteiger partial charge in [0.15, 0.2) is 0 Å². The lowest BCUT2D eigenvalue weighted by molar-refractivity contribution is 0.397. The van der Waals surface area contributed by atoms with Gasteiger partial charge in [-0.1, -0.05) is 0 Å². The zero-order valence-corrected chi connectivity index (χ0v) is 12.5. The van der Waals surface area contributed by atoms with Crippen molar-refractivity contribution in [2.45, 2.75) is 31.5 Å². The Hall–Kier alpha value is -1.57. The van der Waals surface area contributed by atoms with Crippen LogP contribution in [0.2, 0.25) is 0 Å². The molecule has 6 nitrogen and oxygen atoms in total. The normalized spacial score (nSPS) is 13.6. The van der Waals surface area contributed by atoms with Crippen LogP contribution in [0.3, 0.4) is 0 Å². The fourth-order valence-electron chi connectivity index (χ4n) is 1.81. The fraction of sp³-hybridized carbons (Fsp3) is 0.385. The molecule has 1 unspecified atom stereocenters. The number of sulfonamides is 1. The van der Waals surface area contributed by atoms with Crippen molar-refractivity contribution in [3.8, 4) is 0 Å². The van der Waals surface area contributed by atoms with Gasteiger partial charge in [0, 0.05) is 0 Å². The molecule has 0 amide bonds. The minimum atomic E-state index is -3.70. The van der Waals surface area contributed by atoms with Gasteiger partial charge in [-0.25, -0.2) is 8.42 Å². The average Bonchev–Trinajstić information content (AvgIpc) is 2.98. The second-order valence-corrected chi connectivity index (χ2v) is 6.19. The molecular formula is C13H18N2O4S. The van der Waals surface area contributed by atoms with Gasteiger partial charge in [0.2, 0.25) is 5.09 Å². The Morgan fingerprint density at radius 3 is 2.55 bits per heavy atom. The smallest absolute Gasteiger partial charge is 0.274 e. The number of nitrogens with one attached hydrogen (secondary N) is 2. The highest BCUT2D eigenvalue weighted by molar-refractivity contribution is 7.89. The molecule has 0 radical (unpaired) electrons. The Morgan fingerprint density at radius 2 is 1.95 bits per heavy atom. The topological polar surface area (TPSA) is 84.5 Å². The standard InChI is InChI=1S/C13H18N2O4S/c1-9-4-6-12(18-9)10(2)15-20(16,17)13-7-5-11(19-13)8-14-3/h4-7,10,14-15H,8H2,1-3H3. The molecule has 0 aliphatic heterocycles. The van der Waals surface area contributed by atoms with Gasteiger partial charge in [0.05, 0.1) is 12.6 Å². The SMILES string of the molecule is CNCc1ccc(S(=O)(=O)NC(C)c2ccc(C)o2)o1. The van der Waals surface area contributed by atoms with Crippen LogP contribution in [-0.4, -0.2) is 15.5 Å². The highest BCUT2D eigenvalue weighted by Gasteiger charge is 2.23. The van der Waals surface area contributed by atoms with E-state index in [1.165, 1.54) is 6.07 Å². The van der Waals surface area contributed by atoms with E-state index >= 15 is 0 Å². The Kier molecular flexibility index (Phi) is 4.32. The van der Waals surface area contributed by atoms with Crippen molar-refractivity contribution in [3.05, 3.63) is 41.5 Å². The lowest BCUT2D eigenvalue weighted by atomic mass is 10.3. The molecule has 0 aliphatic rings. The number of hydrogen-bond donors (Lipinski definition) is 2. The van der Waals surface area contributed by atoms with Gasteiger partial charge in [-0.15, -0.1) is 0 Å². The first-order chi connectivity index (χ1) is 9.42. The van der Waals surface area contributed by atoms with Crippen LogP contribution in [-0.2, 0) is 16.6 Å². The highest BCUT2D eigenvalue weighted by atomic mass is 32.2. The highest BCUT2D eigenvalue weighted by Crippen LogP contribution is 2.20. The van der Waals surface area contributed by atoms with Crippen molar-refractivity contribution >= 4 is 10.0 Å². The number of rotatable bonds is 6. The third kappa shape index (κ3) is 3.30. The van der Waals surface area contributed by atoms with Crippen molar-refractivity contribution in [1.29, 1.82) is 0 Å². The summed E-state index contributed by atoms with van der Waals surface area (Å²) in [4.78, 5) is 0. The molecule has 0 bridgehead atoms.